The van der Waals surface area contributed by atoms with Crippen molar-refractivity contribution in [3.63, 3.8) is 0 Å². The van der Waals surface area contributed by atoms with Crippen molar-refractivity contribution >= 4 is 22.0 Å². The number of likely N-dealkylation sites (tertiary alicyclic amines) is 1. The molecule has 1 aromatic rings. The summed E-state index contributed by atoms with van der Waals surface area (Å²) in [5.74, 6) is 0. The third-order valence-corrected chi connectivity index (χ3v) is 5.02. The van der Waals surface area contributed by atoms with E-state index < -0.39 is 0 Å². The maximum absolute atomic E-state index is 3.49. The molecule has 1 aromatic carbocycles. The summed E-state index contributed by atoms with van der Waals surface area (Å²) >= 11 is 3.49. The van der Waals surface area contributed by atoms with Crippen molar-refractivity contribution in [2.75, 3.05) is 13.1 Å². The van der Waals surface area contributed by atoms with Gasteiger partial charge in [-0.3, -0.25) is 0 Å². The molecule has 19 heavy (non-hydrogen) atoms. The van der Waals surface area contributed by atoms with Crippen LogP contribution in [0.2, 0.25) is 0 Å². The molecule has 0 N–H and O–H groups in total. The summed E-state index contributed by atoms with van der Waals surface area (Å²) in [5.41, 5.74) is 2.97. The van der Waals surface area contributed by atoms with Gasteiger partial charge >= 0.3 is 0 Å². The van der Waals surface area contributed by atoms with E-state index in [1.54, 1.807) is 5.57 Å². The van der Waals surface area contributed by atoms with Crippen LogP contribution in [0.1, 0.15) is 44.1 Å². The molecule has 3 rings (SSSR count). The zero-order chi connectivity index (χ0) is 13.1. The lowest BCUT2D eigenvalue weighted by Gasteiger charge is -2.36. The Labute approximate surface area is 124 Å². The molecule has 1 saturated carbocycles. The number of benzene rings is 1. The molecule has 1 saturated heterocycles. The maximum Gasteiger partial charge on any atom is 0.0175 e. The van der Waals surface area contributed by atoms with E-state index in [1.165, 1.54) is 57.2 Å². The Morgan fingerprint density at radius 1 is 1.00 bits per heavy atom. The van der Waals surface area contributed by atoms with Gasteiger partial charge in [-0.1, -0.05) is 46.1 Å². The lowest BCUT2D eigenvalue weighted by atomic mass is 9.91. The molecule has 0 spiro atoms. The summed E-state index contributed by atoms with van der Waals surface area (Å²) in [6.07, 6.45) is 10.6. The fraction of sp³-hybridized carbons (Fsp3) is 0.529. The van der Waals surface area contributed by atoms with E-state index in [9.17, 15) is 0 Å². The minimum atomic E-state index is 0.909. The molecule has 102 valence electrons. The Morgan fingerprint density at radius 3 is 2.47 bits per heavy atom. The van der Waals surface area contributed by atoms with E-state index in [0.717, 1.165) is 10.5 Å². The van der Waals surface area contributed by atoms with Gasteiger partial charge in [-0.2, -0.15) is 0 Å². The second-order valence-electron chi connectivity index (χ2n) is 5.83. The van der Waals surface area contributed by atoms with Crippen LogP contribution >= 0.6 is 15.9 Å². The van der Waals surface area contributed by atoms with Crippen LogP contribution in [0, 0.1) is 0 Å². The molecular weight excluding hydrogens is 298 g/mol. The van der Waals surface area contributed by atoms with Crippen LogP contribution in [0.25, 0.3) is 6.08 Å². The van der Waals surface area contributed by atoms with Gasteiger partial charge in [0.2, 0.25) is 0 Å². The minimum Gasteiger partial charge on any atom is -0.300 e. The molecular formula is C17H22BrN. The Hall–Kier alpha value is -0.600. The first-order valence-electron chi connectivity index (χ1n) is 7.50. The standard InChI is InChI=1S/C17H22BrN/c18-16-8-6-15(7-9-16)13-14-3-2-11-19(12-10-14)17-4-1-5-17/h6-9,13,17H,1-5,10-12H2/b14-13+. The molecule has 0 radical (unpaired) electrons. The predicted octanol–water partition coefficient (Wildman–Crippen LogP) is 4.87. The quantitative estimate of drug-likeness (QED) is 0.751. The number of nitrogens with zero attached hydrogens (tertiary/aromatic N) is 1. The fourth-order valence-corrected chi connectivity index (χ4v) is 3.35. The Morgan fingerprint density at radius 2 is 1.79 bits per heavy atom. The molecule has 2 heteroatoms. The summed E-state index contributed by atoms with van der Waals surface area (Å²) < 4.78 is 1.16. The summed E-state index contributed by atoms with van der Waals surface area (Å²) in [5, 5.41) is 0. The second-order valence-corrected chi connectivity index (χ2v) is 6.74. The molecule has 2 aliphatic rings. The van der Waals surface area contributed by atoms with Gasteiger partial charge < -0.3 is 4.90 Å². The van der Waals surface area contributed by atoms with Gasteiger partial charge in [0.05, 0.1) is 0 Å². The first kappa shape index (κ1) is 13.4. The van der Waals surface area contributed by atoms with Crippen LogP contribution in [0.3, 0.4) is 0 Å². The molecule has 1 heterocycles. The maximum atomic E-state index is 3.49. The molecule has 1 nitrogen and oxygen atoms in total. The molecule has 0 bridgehead atoms. The third-order valence-electron chi connectivity index (χ3n) is 4.50. The number of hydrogen-bond donors (Lipinski definition) is 0. The van der Waals surface area contributed by atoms with Crippen LogP contribution in [0.4, 0.5) is 0 Å². The van der Waals surface area contributed by atoms with Crippen molar-refractivity contribution in [3.8, 4) is 0 Å². The SMILES string of the molecule is Brc1ccc(/C=C2\CCCN(C3CCC3)CC2)cc1. The van der Waals surface area contributed by atoms with E-state index in [-0.39, 0.29) is 0 Å². The van der Waals surface area contributed by atoms with Crippen molar-refractivity contribution in [3.05, 3.63) is 39.9 Å². The van der Waals surface area contributed by atoms with E-state index in [0.29, 0.717) is 0 Å². The highest BCUT2D eigenvalue weighted by atomic mass is 79.9. The highest BCUT2D eigenvalue weighted by Crippen LogP contribution is 2.28. The lowest BCUT2D eigenvalue weighted by Crippen LogP contribution is -2.40. The monoisotopic (exact) mass is 319 g/mol. The number of rotatable bonds is 2. The lowest BCUT2D eigenvalue weighted by molar-refractivity contribution is 0.133. The van der Waals surface area contributed by atoms with Gasteiger partial charge in [0, 0.05) is 17.1 Å². The third kappa shape index (κ3) is 3.49. The predicted molar refractivity (Wildman–Crippen MR) is 85.2 cm³/mol. The van der Waals surface area contributed by atoms with Crippen LogP contribution in [-0.4, -0.2) is 24.0 Å². The smallest absolute Gasteiger partial charge is 0.0175 e. The first-order chi connectivity index (χ1) is 9.31. The highest BCUT2D eigenvalue weighted by Gasteiger charge is 2.25. The van der Waals surface area contributed by atoms with E-state index in [1.807, 2.05) is 0 Å². The summed E-state index contributed by atoms with van der Waals surface area (Å²) in [6.45, 7) is 2.58. The molecule has 0 amide bonds. The average Bonchev–Trinajstić information content (AvgIpc) is 2.56. The topological polar surface area (TPSA) is 3.24 Å². The van der Waals surface area contributed by atoms with Crippen LogP contribution in [0.5, 0.6) is 0 Å². The fourth-order valence-electron chi connectivity index (χ4n) is 3.09. The Balaban J connectivity index is 1.63. The Bertz CT molecular complexity index is 445. The van der Waals surface area contributed by atoms with Crippen LogP contribution in [-0.2, 0) is 0 Å². The Kier molecular flexibility index (Phi) is 4.39. The number of halogens is 1. The normalized spacial score (nSPS) is 24.2. The zero-order valence-electron chi connectivity index (χ0n) is 11.4. The van der Waals surface area contributed by atoms with Gasteiger partial charge in [-0.05, 0) is 56.3 Å². The van der Waals surface area contributed by atoms with Crippen molar-refractivity contribution in [2.24, 2.45) is 0 Å². The second kappa shape index (κ2) is 6.23. The van der Waals surface area contributed by atoms with Gasteiger partial charge in [0.1, 0.15) is 0 Å². The van der Waals surface area contributed by atoms with Crippen molar-refractivity contribution < 1.29 is 0 Å². The van der Waals surface area contributed by atoms with E-state index in [2.05, 4.69) is 51.2 Å². The summed E-state index contributed by atoms with van der Waals surface area (Å²) in [7, 11) is 0. The number of hydrogen-bond acceptors (Lipinski definition) is 1. The molecule has 1 aliphatic carbocycles. The van der Waals surface area contributed by atoms with Crippen LogP contribution in [0.15, 0.2) is 34.3 Å². The molecule has 0 aromatic heterocycles. The molecule has 2 fully saturated rings. The minimum absolute atomic E-state index is 0.909. The van der Waals surface area contributed by atoms with E-state index in [4.69, 9.17) is 0 Å². The zero-order valence-corrected chi connectivity index (χ0v) is 13.0. The van der Waals surface area contributed by atoms with Crippen molar-refractivity contribution in [1.82, 2.24) is 4.90 Å². The van der Waals surface area contributed by atoms with Crippen LogP contribution < -0.4 is 0 Å². The van der Waals surface area contributed by atoms with Gasteiger partial charge in [-0.15, -0.1) is 0 Å². The van der Waals surface area contributed by atoms with Crippen molar-refractivity contribution in [2.45, 2.75) is 44.6 Å². The van der Waals surface area contributed by atoms with Gasteiger partial charge in [-0.25, -0.2) is 0 Å². The van der Waals surface area contributed by atoms with Gasteiger partial charge in [0.25, 0.3) is 0 Å². The molecule has 0 unspecified atom stereocenters. The molecule has 1 aliphatic heterocycles. The highest BCUT2D eigenvalue weighted by molar-refractivity contribution is 9.10. The largest absolute Gasteiger partial charge is 0.300 e. The van der Waals surface area contributed by atoms with E-state index >= 15 is 0 Å². The van der Waals surface area contributed by atoms with Gasteiger partial charge in [0.15, 0.2) is 0 Å². The average molecular weight is 320 g/mol. The summed E-state index contributed by atoms with van der Waals surface area (Å²) in [4.78, 5) is 2.73. The summed E-state index contributed by atoms with van der Waals surface area (Å²) in [6, 6.07) is 9.57. The van der Waals surface area contributed by atoms with Crippen molar-refractivity contribution in [1.29, 1.82) is 0 Å². The first-order valence-corrected chi connectivity index (χ1v) is 8.29. The molecule has 0 atom stereocenters.